The molecule has 0 spiro atoms. The lowest BCUT2D eigenvalue weighted by Gasteiger charge is -2.30. The first kappa shape index (κ1) is 18.3. The minimum Gasteiger partial charge on any atom is -0.316 e. The maximum Gasteiger partial charge on any atom is 0.226 e. The number of benzene rings is 1. The number of anilines is 1. The van der Waals surface area contributed by atoms with Gasteiger partial charge in [-0.25, -0.2) is 0 Å². The summed E-state index contributed by atoms with van der Waals surface area (Å²) in [4.78, 5) is 14.7. The summed E-state index contributed by atoms with van der Waals surface area (Å²) < 4.78 is 0. The number of carbonyl (C=O) groups excluding carboxylic acids is 1. The normalized spacial score (nSPS) is 20.3. The molecule has 0 aliphatic carbocycles. The molecule has 3 rings (SSSR count). The number of hydrogen-bond acceptors (Lipinski definition) is 2. The van der Waals surface area contributed by atoms with E-state index in [1.165, 1.54) is 17.5 Å². The van der Waals surface area contributed by atoms with Gasteiger partial charge >= 0.3 is 0 Å². The molecule has 1 saturated heterocycles. The summed E-state index contributed by atoms with van der Waals surface area (Å²) in [5.41, 5.74) is 3.89. The van der Waals surface area contributed by atoms with Crippen LogP contribution in [0.1, 0.15) is 56.6 Å². The van der Waals surface area contributed by atoms with Crippen LogP contribution in [0.3, 0.4) is 0 Å². The number of carbonyl (C=O) groups is 1. The van der Waals surface area contributed by atoms with Gasteiger partial charge in [0.05, 0.1) is 0 Å². The highest BCUT2D eigenvalue weighted by Gasteiger charge is 2.24. The Balaban J connectivity index is 0.00000192. The SMILES string of the molecule is CC(C)c1ccc2c(c1)CCCN2C(=O)CCC1CCNC1.Cl. The summed E-state index contributed by atoms with van der Waals surface area (Å²) in [7, 11) is 0. The first-order valence-electron chi connectivity index (χ1n) is 8.79. The highest BCUT2D eigenvalue weighted by molar-refractivity contribution is 5.94. The van der Waals surface area contributed by atoms with Gasteiger partial charge in [0.2, 0.25) is 5.91 Å². The van der Waals surface area contributed by atoms with Crippen molar-refractivity contribution in [3.05, 3.63) is 29.3 Å². The predicted octanol–water partition coefficient (Wildman–Crippen LogP) is 3.90. The van der Waals surface area contributed by atoms with Crippen molar-refractivity contribution in [3.63, 3.8) is 0 Å². The highest BCUT2D eigenvalue weighted by atomic mass is 35.5. The average Bonchev–Trinajstić information content (AvgIpc) is 3.04. The van der Waals surface area contributed by atoms with Crippen molar-refractivity contribution in [1.82, 2.24) is 5.32 Å². The summed E-state index contributed by atoms with van der Waals surface area (Å²) >= 11 is 0. The zero-order valence-electron chi connectivity index (χ0n) is 14.3. The quantitative estimate of drug-likeness (QED) is 0.904. The summed E-state index contributed by atoms with van der Waals surface area (Å²) in [5.74, 6) is 1.55. The van der Waals surface area contributed by atoms with E-state index in [0.717, 1.165) is 44.6 Å². The Morgan fingerprint density at radius 1 is 1.39 bits per heavy atom. The molecule has 0 aromatic heterocycles. The topological polar surface area (TPSA) is 32.3 Å². The van der Waals surface area contributed by atoms with Crippen molar-refractivity contribution in [3.8, 4) is 0 Å². The molecular weight excluding hydrogens is 308 g/mol. The Labute approximate surface area is 146 Å². The van der Waals surface area contributed by atoms with Crippen molar-refractivity contribution >= 4 is 24.0 Å². The largest absolute Gasteiger partial charge is 0.316 e. The van der Waals surface area contributed by atoms with Crippen molar-refractivity contribution in [2.75, 3.05) is 24.5 Å². The van der Waals surface area contributed by atoms with E-state index in [2.05, 4.69) is 37.4 Å². The Morgan fingerprint density at radius 3 is 2.91 bits per heavy atom. The molecule has 1 atom stereocenters. The van der Waals surface area contributed by atoms with Crippen LogP contribution in [0.5, 0.6) is 0 Å². The molecule has 23 heavy (non-hydrogen) atoms. The molecule has 0 saturated carbocycles. The molecule has 1 amide bonds. The van der Waals surface area contributed by atoms with E-state index < -0.39 is 0 Å². The Kier molecular flexibility index (Phi) is 6.49. The number of aryl methyl sites for hydroxylation is 1. The van der Waals surface area contributed by atoms with Gasteiger partial charge in [-0.15, -0.1) is 12.4 Å². The van der Waals surface area contributed by atoms with Crippen LogP contribution in [-0.2, 0) is 11.2 Å². The molecule has 2 aliphatic rings. The van der Waals surface area contributed by atoms with Gasteiger partial charge in [0.25, 0.3) is 0 Å². The average molecular weight is 337 g/mol. The number of amides is 1. The monoisotopic (exact) mass is 336 g/mol. The molecule has 2 aliphatic heterocycles. The van der Waals surface area contributed by atoms with Gasteiger partial charge < -0.3 is 10.2 Å². The maximum atomic E-state index is 12.6. The van der Waals surface area contributed by atoms with Crippen LogP contribution in [0.4, 0.5) is 5.69 Å². The van der Waals surface area contributed by atoms with Gasteiger partial charge in [0.1, 0.15) is 0 Å². The zero-order chi connectivity index (χ0) is 15.5. The fourth-order valence-electron chi connectivity index (χ4n) is 3.66. The molecule has 1 unspecified atom stereocenters. The zero-order valence-corrected chi connectivity index (χ0v) is 15.1. The van der Waals surface area contributed by atoms with E-state index in [1.54, 1.807) is 0 Å². The second-order valence-corrected chi connectivity index (χ2v) is 7.09. The molecule has 0 bridgehead atoms. The number of rotatable bonds is 4. The number of nitrogens with one attached hydrogen (secondary N) is 1. The van der Waals surface area contributed by atoms with Crippen LogP contribution in [0, 0.1) is 5.92 Å². The van der Waals surface area contributed by atoms with Gasteiger partial charge in [-0.2, -0.15) is 0 Å². The fourth-order valence-corrected chi connectivity index (χ4v) is 3.66. The summed E-state index contributed by atoms with van der Waals surface area (Å²) in [6.07, 6.45) is 5.14. The Morgan fingerprint density at radius 2 is 2.22 bits per heavy atom. The van der Waals surface area contributed by atoms with Crippen molar-refractivity contribution in [2.24, 2.45) is 5.92 Å². The van der Waals surface area contributed by atoms with Crippen LogP contribution in [0.2, 0.25) is 0 Å². The van der Waals surface area contributed by atoms with Crippen LogP contribution >= 0.6 is 12.4 Å². The number of nitrogens with zero attached hydrogens (tertiary/aromatic N) is 1. The third-order valence-electron chi connectivity index (χ3n) is 5.12. The van der Waals surface area contributed by atoms with Gasteiger partial charge in [-0.3, -0.25) is 4.79 Å². The van der Waals surface area contributed by atoms with E-state index in [4.69, 9.17) is 0 Å². The minimum absolute atomic E-state index is 0. The second-order valence-electron chi connectivity index (χ2n) is 7.09. The van der Waals surface area contributed by atoms with E-state index >= 15 is 0 Å². The maximum absolute atomic E-state index is 12.6. The minimum atomic E-state index is 0. The summed E-state index contributed by atoms with van der Waals surface area (Å²) in [6, 6.07) is 6.66. The molecule has 2 heterocycles. The van der Waals surface area contributed by atoms with Crippen molar-refractivity contribution in [1.29, 1.82) is 0 Å². The van der Waals surface area contributed by atoms with Gasteiger partial charge in [0.15, 0.2) is 0 Å². The van der Waals surface area contributed by atoms with Crippen molar-refractivity contribution in [2.45, 2.75) is 51.9 Å². The summed E-state index contributed by atoms with van der Waals surface area (Å²) in [5, 5.41) is 3.38. The van der Waals surface area contributed by atoms with Crippen LogP contribution in [0.25, 0.3) is 0 Å². The molecule has 1 aromatic carbocycles. The van der Waals surface area contributed by atoms with Crippen LogP contribution in [0.15, 0.2) is 18.2 Å². The lowest BCUT2D eigenvalue weighted by Crippen LogP contribution is -2.35. The standard InChI is InChI=1S/C19H28N2O.ClH/c1-14(2)16-6-7-18-17(12-16)4-3-11-21(18)19(22)8-5-15-9-10-20-13-15;/h6-7,12,14-15,20H,3-5,8-11,13H2,1-2H3;1H. The van der Waals surface area contributed by atoms with E-state index in [0.29, 0.717) is 24.2 Å². The Bertz CT molecular complexity index is 538. The van der Waals surface area contributed by atoms with Crippen LogP contribution in [-0.4, -0.2) is 25.5 Å². The van der Waals surface area contributed by atoms with Crippen LogP contribution < -0.4 is 10.2 Å². The van der Waals surface area contributed by atoms with E-state index in [1.807, 2.05) is 4.90 Å². The first-order valence-corrected chi connectivity index (χ1v) is 8.79. The highest BCUT2D eigenvalue weighted by Crippen LogP contribution is 2.31. The lowest BCUT2D eigenvalue weighted by atomic mass is 9.94. The first-order chi connectivity index (χ1) is 10.6. The van der Waals surface area contributed by atoms with Crippen molar-refractivity contribution < 1.29 is 4.79 Å². The molecule has 0 radical (unpaired) electrons. The molecule has 1 N–H and O–H groups in total. The lowest BCUT2D eigenvalue weighted by molar-refractivity contribution is -0.119. The predicted molar refractivity (Wildman–Crippen MR) is 98.7 cm³/mol. The third kappa shape index (κ3) is 4.27. The summed E-state index contributed by atoms with van der Waals surface area (Å²) in [6.45, 7) is 7.53. The third-order valence-corrected chi connectivity index (χ3v) is 5.12. The number of halogens is 1. The fraction of sp³-hybridized carbons (Fsp3) is 0.632. The van der Waals surface area contributed by atoms with Gasteiger partial charge in [-0.05, 0) is 67.8 Å². The molecule has 3 nitrogen and oxygen atoms in total. The smallest absolute Gasteiger partial charge is 0.226 e. The molecule has 1 fully saturated rings. The van der Waals surface area contributed by atoms with Gasteiger partial charge in [-0.1, -0.05) is 26.0 Å². The molecule has 4 heteroatoms. The van der Waals surface area contributed by atoms with E-state index in [-0.39, 0.29) is 12.4 Å². The van der Waals surface area contributed by atoms with Gasteiger partial charge in [0, 0.05) is 18.7 Å². The van der Waals surface area contributed by atoms with E-state index in [9.17, 15) is 4.79 Å². The number of fused-ring (bicyclic) bond motifs is 1. The molecule has 1 aromatic rings. The Hall–Kier alpha value is -1.06. The second kappa shape index (κ2) is 8.16. The molecular formula is C19H29ClN2O. The molecule has 128 valence electrons. The number of hydrogen-bond donors (Lipinski definition) is 1.